The average Bonchev–Trinajstić information content (AvgIpc) is 2.97. The molecule has 5 rings (SSSR count). The zero-order chi connectivity index (χ0) is 28.3. The predicted molar refractivity (Wildman–Crippen MR) is 150 cm³/mol. The molecule has 2 saturated heterocycles. The Bertz CT molecular complexity index is 1330. The van der Waals surface area contributed by atoms with E-state index in [0.717, 1.165) is 31.7 Å². The number of nitrogens with two attached hydrogens (primary N) is 1. The van der Waals surface area contributed by atoms with Crippen LogP contribution in [0.3, 0.4) is 0 Å². The lowest BCUT2D eigenvalue weighted by molar-refractivity contribution is -0.140. The second-order valence-corrected chi connectivity index (χ2v) is 10.9. The van der Waals surface area contributed by atoms with Crippen LogP contribution < -0.4 is 16.0 Å². The Hall–Kier alpha value is -4.01. The summed E-state index contributed by atoms with van der Waals surface area (Å²) in [7, 11) is 0. The van der Waals surface area contributed by atoms with E-state index in [1.54, 1.807) is 30.5 Å². The number of nitrogens with one attached hydrogen (secondary N) is 1. The van der Waals surface area contributed by atoms with Gasteiger partial charge in [0, 0.05) is 32.1 Å². The Morgan fingerprint density at radius 1 is 0.975 bits per heavy atom. The van der Waals surface area contributed by atoms with E-state index in [-0.39, 0.29) is 29.4 Å². The van der Waals surface area contributed by atoms with Gasteiger partial charge in [0.05, 0.1) is 23.3 Å². The molecule has 0 bridgehead atoms. The molecule has 0 unspecified atom stereocenters. The first kappa shape index (κ1) is 27.6. The molecule has 0 spiro atoms. The molecule has 1 aromatic heterocycles. The van der Waals surface area contributed by atoms with Crippen LogP contribution in [0.25, 0.3) is 0 Å². The molecule has 2 aromatic carbocycles. The number of anilines is 2. The number of amides is 2. The molecule has 0 aliphatic carbocycles. The molecular formula is C31H35F2N5O2. The first-order chi connectivity index (χ1) is 19.2. The lowest BCUT2D eigenvalue weighted by atomic mass is 9.71. The van der Waals surface area contributed by atoms with E-state index < -0.39 is 11.5 Å². The fourth-order valence-electron chi connectivity index (χ4n) is 5.92. The van der Waals surface area contributed by atoms with Gasteiger partial charge >= 0.3 is 0 Å². The maximum atomic E-state index is 13.8. The maximum Gasteiger partial charge on any atom is 0.231 e. The number of benzene rings is 2. The number of piperidine rings is 2. The highest BCUT2D eigenvalue weighted by molar-refractivity contribution is 5.89. The van der Waals surface area contributed by atoms with Crippen LogP contribution in [0, 0.1) is 17.6 Å². The first-order valence-corrected chi connectivity index (χ1v) is 13.8. The van der Waals surface area contributed by atoms with Gasteiger partial charge in [0.25, 0.3) is 0 Å². The summed E-state index contributed by atoms with van der Waals surface area (Å²) in [6, 6.07) is 15.5. The molecule has 9 heteroatoms. The van der Waals surface area contributed by atoms with Crippen molar-refractivity contribution in [2.24, 2.45) is 5.92 Å². The fraction of sp³-hybridized carbons (Fsp3) is 0.387. The average molecular weight is 548 g/mol. The number of carbonyl (C=O) groups excluding carboxylic acids is 2. The van der Waals surface area contributed by atoms with Crippen molar-refractivity contribution in [1.29, 1.82) is 0 Å². The smallest absolute Gasteiger partial charge is 0.231 e. The van der Waals surface area contributed by atoms with E-state index in [9.17, 15) is 18.4 Å². The van der Waals surface area contributed by atoms with Gasteiger partial charge in [-0.15, -0.1) is 0 Å². The summed E-state index contributed by atoms with van der Waals surface area (Å²) in [6.07, 6.45) is 3.94. The number of hydrogen-bond donors (Lipinski definition) is 2. The Morgan fingerprint density at radius 2 is 1.68 bits per heavy atom. The van der Waals surface area contributed by atoms with Crippen molar-refractivity contribution >= 4 is 23.3 Å². The van der Waals surface area contributed by atoms with E-state index >= 15 is 0 Å². The number of rotatable bonds is 6. The second kappa shape index (κ2) is 11.6. The largest absolute Gasteiger partial charge is 0.397 e. The van der Waals surface area contributed by atoms with Crippen LogP contribution >= 0.6 is 0 Å². The third-order valence-electron chi connectivity index (χ3n) is 8.40. The van der Waals surface area contributed by atoms with Gasteiger partial charge in [-0.3, -0.25) is 9.59 Å². The van der Waals surface area contributed by atoms with Gasteiger partial charge in [0.1, 0.15) is 17.5 Å². The second-order valence-electron chi connectivity index (χ2n) is 10.9. The third-order valence-corrected chi connectivity index (χ3v) is 8.40. The monoisotopic (exact) mass is 547 g/mol. The zero-order valence-corrected chi connectivity index (χ0v) is 22.7. The zero-order valence-electron chi connectivity index (χ0n) is 22.7. The molecular weight excluding hydrogens is 512 g/mol. The van der Waals surface area contributed by atoms with Gasteiger partial charge in [-0.25, -0.2) is 13.8 Å². The molecule has 3 aromatic rings. The molecule has 2 aliphatic rings. The van der Waals surface area contributed by atoms with Crippen LogP contribution in [-0.4, -0.2) is 47.9 Å². The lowest BCUT2D eigenvalue weighted by Gasteiger charge is -2.43. The lowest BCUT2D eigenvalue weighted by Crippen LogP contribution is -2.54. The number of pyridine rings is 1. The van der Waals surface area contributed by atoms with Gasteiger partial charge in [0.15, 0.2) is 0 Å². The van der Waals surface area contributed by atoms with Crippen molar-refractivity contribution in [3.63, 3.8) is 0 Å². The van der Waals surface area contributed by atoms with E-state index in [2.05, 4.69) is 15.2 Å². The summed E-state index contributed by atoms with van der Waals surface area (Å²) >= 11 is 0. The summed E-state index contributed by atoms with van der Waals surface area (Å²) in [5.41, 5.74) is 6.83. The number of likely N-dealkylation sites (tertiary alicyclic amines) is 1. The highest BCUT2D eigenvalue weighted by Crippen LogP contribution is 2.38. The Balaban J connectivity index is 1.26. The quantitative estimate of drug-likeness (QED) is 0.471. The van der Waals surface area contributed by atoms with Crippen molar-refractivity contribution < 1.29 is 18.4 Å². The predicted octanol–water partition coefficient (Wildman–Crippen LogP) is 4.60. The van der Waals surface area contributed by atoms with E-state index in [1.165, 1.54) is 24.3 Å². The van der Waals surface area contributed by atoms with Crippen LogP contribution in [-0.2, 0) is 15.0 Å². The van der Waals surface area contributed by atoms with Crippen molar-refractivity contribution in [3.05, 3.63) is 89.6 Å². The number of halogens is 2. The molecule has 0 saturated carbocycles. The van der Waals surface area contributed by atoms with Crippen LogP contribution in [0.15, 0.2) is 66.9 Å². The van der Waals surface area contributed by atoms with Gasteiger partial charge in [-0.2, -0.15) is 0 Å². The molecule has 2 aliphatic heterocycles. The fourth-order valence-corrected chi connectivity index (χ4v) is 5.92. The van der Waals surface area contributed by atoms with Gasteiger partial charge in [-0.1, -0.05) is 24.3 Å². The van der Waals surface area contributed by atoms with E-state index in [1.807, 2.05) is 24.0 Å². The maximum absolute atomic E-state index is 13.8. The minimum atomic E-state index is -0.920. The van der Waals surface area contributed by atoms with Crippen LogP contribution in [0.5, 0.6) is 0 Å². The van der Waals surface area contributed by atoms with Crippen LogP contribution in [0.1, 0.15) is 49.8 Å². The van der Waals surface area contributed by atoms with E-state index in [0.29, 0.717) is 42.7 Å². The minimum absolute atomic E-state index is 0.0785. The summed E-state index contributed by atoms with van der Waals surface area (Å²) < 4.78 is 27.6. The van der Waals surface area contributed by atoms with Crippen molar-refractivity contribution in [2.45, 2.75) is 44.1 Å². The molecule has 3 heterocycles. The minimum Gasteiger partial charge on any atom is -0.397 e. The van der Waals surface area contributed by atoms with Gasteiger partial charge < -0.3 is 20.9 Å². The SMILES string of the molecule is C[C@H](NC(=O)C1(c2ccc(F)cc2)CCN(C(=O)C2CCN(c3ccc(N)cn3)CC2)CC1)c1cccc(F)c1. The Morgan fingerprint density at radius 3 is 2.30 bits per heavy atom. The van der Waals surface area contributed by atoms with Gasteiger partial charge in [-0.05, 0) is 80.1 Å². The highest BCUT2D eigenvalue weighted by atomic mass is 19.1. The summed E-state index contributed by atoms with van der Waals surface area (Å²) in [5.74, 6) is -0.0426. The molecule has 2 amide bonds. The third kappa shape index (κ3) is 5.78. The molecule has 7 nitrogen and oxygen atoms in total. The number of carbonyl (C=O) groups is 2. The molecule has 1 atom stereocenters. The molecule has 3 N–H and O–H groups in total. The van der Waals surface area contributed by atoms with Crippen molar-refractivity contribution in [3.8, 4) is 0 Å². The molecule has 210 valence electrons. The normalized spacial score (nSPS) is 18.3. The summed E-state index contributed by atoms with van der Waals surface area (Å²) in [6.45, 7) is 4.15. The van der Waals surface area contributed by atoms with Crippen molar-refractivity contribution in [1.82, 2.24) is 15.2 Å². The van der Waals surface area contributed by atoms with Crippen LogP contribution in [0.2, 0.25) is 0 Å². The summed E-state index contributed by atoms with van der Waals surface area (Å²) in [5, 5.41) is 3.06. The highest BCUT2D eigenvalue weighted by Gasteiger charge is 2.45. The first-order valence-electron chi connectivity index (χ1n) is 13.8. The standard InChI is InChI=1S/C31H35F2N5O2/c1-21(23-3-2-4-26(33)19-23)36-30(40)31(24-5-7-25(32)8-6-24)13-17-38(18-14-31)29(39)22-11-15-37(16-12-22)28-10-9-27(34)20-35-28/h2-10,19-22H,11-18,34H2,1H3,(H,36,40)/t21-/m0/s1. The Kier molecular flexibility index (Phi) is 8.00. The topological polar surface area (TPSA) is 91.6 Å². The molecule has 40 heavy (non-hydrogen) atoms. The summed E-state index contributed by atoms with van der Waals surface area (Å²) in [4.78, 5) is 35.7. The molecule has 0 radical (unpaired) electrons. The van der Waals surface area contributed by atoms with Crippen LogP contribution in [0.4, 0.5) is 20.3 Å². The number of nitrogen functional groups attached to an aromatic ring is 1. The van der Waals surface area contributed by atoms with Gasteiger partial charge in [0.2, 0.25) is 11.8 Å². The number of nitrogens with zero attached hydrogens (tertiary/aromatic N) is 3. The van der Waals surface area contributed by atoms with Crippen molar-refractivity contribution in [2.75, 3.05) is 36.8 Å². The number of aromatic nitrogens is 1. The molecule has 2 fully saturated rings. The Labute approximate surface area is 233 Å². The number of hydrogen-bond acceptors (Lipinski definition) is 5. The van der Waals surface area contributed by atoms with E-state index in [4.69, 9.17) is 5.73 Å².